The molecular formula is C25H35N7O3. The van der Waals surface area contributed by atoms with Gasteiger partial charge in [0.1, 0.15) is 11.5 Å². The Morgan fingerprint density at radius 1 is 0.943 bits per heavy atom. The molecule has 0 radical (unpaired) electrons. The average Bonchev–Trinajstić information content (AvgIpc) is 2.80. The topological polar surface area (TPSA) is 95.7 Å². The Labute approximate surface area is 207 Å². The third-order valence-electron chi connectivity index (χ3n) is 4.50. The van der Waals surface area contributed by atoms with Gasteiger partial charge in [-0.1, -0.05) is 13.8 Å². The maximum Gasteiger partial charge on any atom is 0.253 e. The normalized spacial score (nSPS) is 11.6. The Balaban J connectivity index is 2.60. The van der Waals surface area contributed by atoms with E-state index in [1.165, 1.54) is 12.3 Å². The van der Waals surface area contributed by atoms with Gasteiger partial charge in [0.05, 0.1) is 31.5 Å². The van der Waals surface area contributed by atoms with E-state index in [4.69, 9.17) is 9.47 Å². The lowest BCUT2D eigenvalue weighted by Gasteiger charge is -2.18. The van der Waals surface area contributed by atoms with Gasteiger partial charge in [0.25, 0.3) is 5.95 Å². The molecule has 10 heteroatoms. The second-order valence-electron chi connectivity index (χ2n) is 8.76. The molecule has 0 N–H and O–H groups in total. The van der Waals surface area contributed by atoms with Gasteiger partial charge >= 0.3 is 0 Å². The van der Waals surface area contributed by atoms with Gasteiger partial charge in [-0.15, -0.1) is 0 Å². The van der Waals surface area contributed by atoms with Gasteiger partial charge in [-0.05, 0) is 18.1 Å². The Morgan fingerprint density at radius 3 is 2.17 bits per heavy atom. The summed E-state index contributed by atoms with van der Waals surface area (Å²) in [6.07, 6.45) is 7.93. The highest BCUT2D eigenvalue weighted by Crippen LogP contribution is 2.39. The highest BCUT2D eigenvalue weighted by Gasteiger charge is 2.20. The average molecular weight is 482 g/mol. The number of rotatable bonds is 11. The second-order valence-corrected chi connectivity index (χ2v) is 8.76. The molecule has 0 spiro atoms. The summed E-state index contributed by atoms with van der Waals surface area (Å²) in [4.78, 5) is 35.7. The van der Waals surface area contributed by atoms with E-state index in [2.05, 4.69) is 20.0 Å². The SMILES string of the molecule is COc1cc(C(C)C)c(Oc2cnc(/N=C\N(C)C)nc2N=CN(C)C)cc1C(=O)/C=C/N(C)C. The summed E-state index contributed by atoms with van der Waals surface area (Å²) in [5.41, 5.74) is 1.25. The Hall–Kier alpha value is -3.95. The first-order chi connectivity index (χ1) is 16.5. The summed E-state index contributed by atoms with van der Waals surface area (Å²) in [5.74, 6) is 1.76. The van der Waals surface area contributed by atoms with Crippen molar-refractivity contribution in [3.8, 4) is 17.2 Å². The molecule has 0 saturated carbocycles. The molecule has 0 atom stereocenters. The smallest absolute Gasteiger partial charge is 0.253 e. The van der Waals surface area contributed by atoms with Gasteiger partial charge in [-0.25, -0.2) is 15.0 Å². The van der Waals surface area contributed by atoms with E-state index < -0.39 is 0 Å². The zero-order valence-corrected chi connectivity index (χ0v) is 22.0. The number of hydrogen-bond donors (Lipinski definition) is 0. The molecule has 0 aliphatic heterocycles. The van der Waals surface area contributed by atoms with E-state index in [9.17, 15) is 4.79 Å². The fourth-order valence-electron chi connectivity index (χ4n) is 2.82. The predicted octanol–water partition coefficient (Wildman–Crippen LogP) is 4.10. The number of carbonyl (C=O) groups is 1. The number of aliphatic imine (C=N–C) groups is 2. The number of benzene rings is 1. The van der Waals surface area contributed by atoms with Crippen LogP contribution < -0.4 is 9.47 Å². The minimum absolute atomic E-state index is 0.0963. The molecule has 1 aromatic carbocycles. The van der Waals surface area contributed by atoms with Crippen LogP contribution in [-0.2, 0) is 0 Å². The third-order valence-corrected chi connectivity index (χ3v) is 4.50. The standard InChI is InChI=1S/C25H35N7O3/c1-17(2)18-12-21(34-9)19(20(33)10-11-30(3)4)13-22(18)35-23-14-26-25(28-16-32(7)8)29-24(23)27-15-31(5)6/h10-17H,1-9H3/b11-10+,27-15?,28-16-. The van der Waals surface area contributed by atoms with Crippen LogP contribution in [0.15, 0.2) is 40.6 Å². The van der Waals surface area contributed by atoms with E-state index in [-0.39, 0.29) is 17.6 Å². The van der Waals surface area contributed by atoms with E-state index in [1.807, 2.05) is 62.2 Å². The van der Waals surface area contributed by atoms with Crippen LogP contribution in [0.5, 0.6) is 17.2 Å². The zero-order chi connectivity index (χ0) is 26.1. The number of nitrogens with zero attached hydrogens (tertiary/aromatic N) is 7. The largest absolute Gasteiger partial charge is 0.496 e. The maximum atomic E-state index is 12.9. The van der Waals surface area contributed by atoms with Gasteiger partial charge in [0, 0.05) is 60.1 Å². The van der Waals surface area contributed by atoms with E-state index in [0.29, 0.717) is 28.6 Å². The zero-order valence-electron chi connectivity index (χ0n) is 22.0. The summed E-state index contributed by atoms with van der Waals surface area (Å²) in [7, 11) is 12.7. The quantitative estimate of drug-likeness (QED) is 0.205. The van der Waals surface area contributed by atoms with E-state index in [0.717, 1.165) is 5.56 Å². The molecule has 35 heavy (non-hydrogen) atoms. The van der Waals surface area contributed by atoms with Crippen molar-refractivity contribution in [3.63, 3.8) is 0 Å². The van der Waals surface area contributed by atoms with E-state index >= 15 is 0 Å². The number of ketones is 1. The molecule has 0 amide bonds. The number of ether oxygens (including phenoxy) is 2. The lowest BCUT2D eigenvalue weighted by molar-refractivity contribution is 0.104. The van der Waals surface area contributed by atoms with Crippen LogP contribution in [-0.4, -0.2) is 92.5 Å². The Kier molecular flexibility index (Phi) is 9.74. The van der Waals surface area contributed by atoms with Crippen LogP contribution in [0.3, 0.4) is 0 Å². The minimum atomic E-state index is -0.203. The van der Waals surface area contributed by atoms with Crippen LogP contribution in [0, 0.1) is 0 Å². The predicted molar refractivity (Wildman–Crippen MR) is 140 cm³/mol. The Bertz CT molecular complexity index is 1110. The fourth-order valence-corrected chi connectivity index (χ4v) is 2.82. The van der Waals surface area contributed by atoms with Crippen molar-refractivity contribution in [2.75, 3.05) is 49.4 Å². The lowest BCUT2D eigenvalue weighted by Crippen LogP contribution is -2.08. The fraction of sp³-hybridized carbons (Fsp3) is 0.400. The van der Waals surface area contributed by atoms with Crippen molar-refractivity contribution in [2.24, 2.45) is 9.98 Å². The molecule has 10 nitrogen and oxygen atoms in total. The maximum absolute atomic E-state index is 12.9. The van der Waals surface area contributed by atoms with Gasteiger partial charge < -0.3 is 24.2 Å². The van der Waals surface area contributed by atoms with Crippen molar-refractivity contribution >= 4 is 30.2 Å². The van der Waals surface area contributed by atoms with Crippen molar-refractivity contribution in [3.05, 3.63) is 41.7 Å². The van der Waals surface area contributed by atoms with Crippen LogP contribution in [0.25, 0.3) is 0 Å². The van der Waals surface area contributed by atoms with Gasteiger partial charge in [0.2, 0.25) is 5.82 Å². The van der Waals surface area contributed by atoms with Crippen LogP contribution in [0.2, 0.25) is 0 Å². The molecule has 188 valence electrons. The Morgan fingerprint density at radius 2 is 1.60 bits per heavy atom. The summed E-state index contributed by atoms with van der Waals surface area (Å²) < 4.78 is 11.8. The lowest BCUT2D eigenvalue weighted by atomic mass is 9.97. The van der Waals surface area contributed by atoms with Crippen LogP contribution in [0.4, 0.5) is 11.8 Å². The first kappa shape index (κ1) is 27.3. The van der Waals surface area contributed by atoms with Gasteiger partial charge in [-0.2, -0.15) is 4.98 Å². The summed E-state index contributed by atoms with van der Waals surface area (Å²) >= 11 is 0. The second kappa shape index (κ2) is 12.5. The van der Waals surface area contributed by atoms with Crippen molar-refractivity contribution < 1.29 is 14.3 Å². The highest BCUT2D eigenvalue weighted by molar-refractivity contribution is 6.07. The van der Waals surface area contributed by atoms with Crippen LogP contribution in [0.1, 0.15) is 35.7 Å². The third kappa shape index (κ3) is 8.09. The van der Waals surface area contributed by atoms with Crippen molar-refractivity contribution in [1.82, 2.24) is 24.7 Å². The first-order valence-electron chi connectivity index (χ1n) is 11.1. The monoisotopic (exact) mass is 481 g/mol. The van der Waals surface area contributed by atoms with Crippen molar-refractivity contribution in [2.45, 2.75) is 19.8 Å². The molecular weight excluding hydrogens is 446 g/mol. The molecule has 2 rings (SSSR count). The number of allylic oxidation sites excluding steroid dienone is 1. The van der Waals surface area contributed by atoms with E-state index in [1.54, 1.807) is 46.8 Å². The van der Waals surface area contributed by atoms with Gasteiger partial charge in [0.15, 0.2) is 11.5 Å². The molecule has 1 heterocycles. The number of methoxy groups -OCH3 is 1. The molecule has 2 aromatic rings. The molecule has 0 saturated heterocycles. The number of aromatic nitrogens is 2. The highest BCUT2D eigenvalue weighted by atomic mass is 16.5. The number of carbonyl (C=O) groups excluding carboxylic acids is 1. The number of hydrogen-bond acceptors (Lipinski definition) is 8. The van der Waals surface area contributed by atoms with Gasteiger partial charge in [-0.3, -0.25) is 4.79 Å². The molecule has 0 bridgehead atoms. The molecule has 0 fully saturated rings. The molecule has 0 unspecified atom stereocenters. The van der Waals surface area contributed by atoms with Crippen molar-refractivity contribution in [1.29, 1.82) is 0 Å². The summed E-state index contributed by atoms with van der Waals surface area (Å²) in [6.45, 7) is 4.07. The molecule has 0 aliphatic carbocycles. The first-order valence-corrected chi connectivity index (χ1v) is 11.1. The summed E-state index contributed by atoms with van der Waals surface area (Å²) in [5, 5.41) is 0. The van der Waals surface area contributed by atoms with Crippen LogP contribution >= 0.6 is 0 Å². The molecule has 1 aromatic heterocycles. The minimum Gasteiger partial charge on any atom is -0.496 e. The summed E-state index contributed by atoms with van der Waals surface area (Å²) in [6, 6.07) is 3.52. The molecule has 0 aliphatic rings.